The maximum Gasteiger partial charge on any atom is 0.133 e. The predicted octanol–water partition coefficient (Wildman–Crippen LogP) is 2.10. The third kappa shape index (κ3) is 1.25. The first-order valence-electron chi connectivity index (χ1n) is 4.23. The molecule has 2 heteroatoms. The van der Waals surface area contributed by atoms with Gasteiger partial charge >= 0.3 is 0 Å². The molecule has 1 aliphatic rings. The summed E-state index contributed by atoms with van der Waals surface area (Å²) in [5.74, 6) is 0. The molecule has 0 fully saturated rings. The Labute approximate surface area is 77.8 Å². The molecule has 0 bridgehead atoms. The minimum absolute atomic E-state index is 0.757. The maximum atomic E-state index is 9.89. The quantitative estimate of drug-likeness (QED) is 0.463. The molecule has 0 spiro atoms. The predicted molar refractivity (Wildman–Crippen MR) is 52.3 cm³/mol. The van der Waals surface area contributed by atoms with Crippen LogP contribution >= 0.6 is 12.6 Å². The molecule has 2 rings (SSSR count). The topological polar surface area (TPSA) is 20.2 Å². The lowest BCUT2D eigenvalue weighted by Gasteiger charge is -2.29. The van der Waals surface area contributed by atoms with Gasteiger partial charge < -0.3 is 5.11 Å². The van der Waals surface area contributed by atoms with Gasteiger partial charge in [-0.25, -0.2) is 0 Å². The Balaban J connectivity index is 2.52. The Hall–Kier alpha value is -0.470. The number of fused-ring (bicyclic) bond motifs is 1. The minimum Gasteiger partial charge on any atom is -0.376 e. The van der Waals surface area contributed by atoms with Crippen LogP contribution in [-0.4, -0.2) is 5.11 Å². The largest absolute Gasteiger partial charge is 0.376 e. The maximum absolute atomic E-state index is 9.89. The molecule has 0 radical (unpaired) electrons. The van der Waals surface area contributed by atoms with Gasteiger partial charge in [0.1, 0.15) is 4.93 Å². The van der Waals surface area contributed by atoms with Crippen molar-refractivity contribution >= 4 is 12.6 Å². The van der Waals surface area contributed by atoms with Gasteiger partial charge in [0.15, 0.2) is 0 Å². The van der Waals surface area contributed by atoms with Crippen LogP contribution in [0.1, 0.15) is 24.0 Å². The lowest BCUT2D eigenvalue weighted by molar-refractivity contribution is 0.119. The van der Waals surface area contributed by atoms with Gasteiger partial charge in [-0.3, -0.25) is 0 Å². The van der Waals surface area contributed by atoms with Crippen molar-refractivity contribution in [2.24, 2.45) is 0 Å². The van der Waals surface area contributed by atoms with Crippen LogP contribution in [0.25, 0.3) is 0 Å². The van der Waals surface area contributed by atoms with Crippen molar-refractivity contribution in [2.75, 3.05) is 0 Å². The first kappa shape index (κ1) is 8.14. The van der Waals surface area contributed by atoms with Crippen LogP contribution in [0.15, 0.2) is 24.3 Å². The molecule has 1 atom stereocenters. The van der Waals surface area contributed by atoms with Gasteiger partial charge in [0, 0.05) is 0 Å². The second kappa shape index (κ2) is 2.79. The fourth-order valence-corrected chi connectivity index (χ4v) is 2.17. The van der Waals surface area contributed by atoms with Crippen molar-refractivity contribution in [3.63, 3.8) is 0 Å². The van der Waals surface area contributed by atoms with Crippen LogP contribution < -0.4 is 0 Å². The average molecular weight is 180 g/mol. The van der Waals surface area contributed by atoms with E-state index in [1.54, 1.807) is 0 Å². The van der Waals surface area contributed by atoms with Crippen molar-refractivity contribution < 1.29 is 5.11 Å². The molecule has 0 saturated heterocycles. The molecule has 1 nitrogen and oxygen atoms in total. The molecule has 64 valence electrons. The van der Waals surface area contributed by atoms with Gasteiger partial charge in [0.05, 0.1) is 0 Å². The molecule has 1 unspecified atom stereocenters. The van der Waals surface area contributed by atoms with Crippen LogP contribution in [0.5, 0.6) is 0 Å². The highest BCUT2D eigenvalue weighted by Gasteiger charge is 2.29. The highest BCUT2D eigenvalue weighted by atomic mass is 32.1. The highest BCUT2D eigenvalue weighted by molar-refractivity contribution is 7.81. The van der Waals surface area contributed by atoms with Crippen molar-refractivity contribution in [1.29, 1.82) is 0 Å². The smallest absolute Gasteiger partial charge is 0.133 e. The van der Waals surface area contributed by atoms with Crippen LogP contribution in [0.2, 0.25) is 0 Å². The van der Waals surface area contributed by atoms with Crippen LogP contribution in [0, 0.1) is 0 Å². The molecule has 1 aromatic carbocycles. The standard InChI is InChI=1S/C10H12OS/c11-10(12)7-3-5-8-4-1-2-6-9(8)10/h1-2,4,6,11-12H,3,5,7H2. The number of thiol groups is 1. The Kier molecular flexibility index (Phi) is 1.89. The molecule has 0 saturated carbocycles. The summed E-state index contributed by atoms with van der Waals surface area (Å²) >= 11 is 4.25. The first-order valence-corrected chi connectivity index (χ1v) is 4.68. The normalized spacial score (nSPS) is 28.2. The number of rotatable bonds is 0. The molecular weight excluding hydrogens is 168 g/mol. The Morgan fingerprint density at radius 1 is 1.33 bits per heavy atom. The second-order valence-electron chi connectivity index (χ2n) is 3.33. The molecule has 0 aromatic heterocycles. The zero-order chi connectivity index (χ0) is 8.60. The summed E-state index contributed by atoms with van der Waals surface area (Å²) in [6.45, 7) is 0. The van der Waals surface area contributed by atoms with Crippen LogP contribution in [0.4, 0.5) is 0 Å². The van der Waals surface area contributed by atoms with Crippen LogP contribution in [-0.2, 0) is 11.4 Å². The third-order valence-electron chi connectivity index (χ3n) is 2.42. The van der Waals surface area contributed by atoms with E-state index >= 15 is 0 Å². The summed E-state index contributed by atoms with van der Waals surface area (Å²) in [5, 5.41) is 9.89. The summed E-state index contributed by atoms with van der Waals surface area (Å²) in [7, 11) is 0. The lowest BCUT2D eigenvalue weighted by Crippen LogP contribution is -2.24. The Bertz CT molecular complexity index is 294. The second-order valence-corrected chi connectivity index (χ2v) is 4.07. The van der Waals surface area contributed by atoms with Gasteiger partial charge in [0.25, 0.3) is 0 Å². The fourth-order valence-electron chi connectivity index (χ4n) is 1.79. The SMILES string of the molecule is OC1(S)CCCc2ccccc21. The van der Waals surface area contributed by atoms with E-state index in [-0.39, 0.29) is 0 Å². The summed E-state index contributed by atoms with van der Waals surface area (Å²) in [6.07, 6.45) is 2.85. The summed E-state index contributed by atoms with van der Waals surface area (Å²) in [6, 6.07) is 7.98. The number of aryl methyl sites for hydroxylation is 1. The molecule has 0 aliphatic heterocycles. The zero-order valence-electron chi connectivity index (χ0n) is 6.83. The van der Waals surface area contributed by atoms with Gasteiger partial charge in [-0.15, -0.1) is 12.6 Å². The number of benzene rings is 1. The minimum atomic E-state index is -0.894. The summed E-state index contributed by atoms with van der Waals surface area (Å²) in [5.41, 5.74) is 2.22. The fraction of sp³-hybridized carbons (Fsp3) is 0.400. The van der Waals surface area contributed by atoms with E-state index in [0.29, 0.717) is 0 Å². The van der Waals surface area contributed by atoms with Crippen molar-refractivity contribution in [3.8, 4) is 0 Å². The van der Waals surface area contributed by atoms with Gasteiger partial charge in [-0.2, -0.15) is 0 Å². The number of hydrogen-bond donors (Lipinski definition) is 2. The van der Waals surface area contributed by atoms with E-state index in [2.05, 4.69) is 18.7 Å². The van der Waals surface area contributed by atoms with Crippen LogP contribution in [0.3, 0.4) is 0 Å². The Morgan fingerprint density at radius 3 is 2.83 bits per heavy atom. The third-order valence-corrected chi connectivity index (χ3v) is 2.88. The zero-order valence-corrected chi connectivity index (χ0v) is 7.72. The molecule has 1 aromatic rings. The van der Waals surface area contributed by atoms with Crippen molar-refractivity contribution in [3.05, 3.63) is 35.4 Å². The van der Waals surface area contributed by atoms with E-state index in [9.17, 15) is 5.11 Å². The molecule has 0 amide bonds. The van der Waals surface area contributed by atoms with Crippen molar-refractivity contribution in [1.82, 2.24) is 0 Å². The van der Waals surface area contributed by atoms with Gasteiger partial charge in [0.2, 0.25) is 0 Å². The summed E-state index contributed by atoms with van der Waals surface area (Å²) < 4.78 is 0. The molecule has 1 aliphatic carbocycles. The highest BCUT2D eigenvalue weighted by Crippen LogP contribution is 2.37. The first-order chi connectivity index (χ1) is 5.70. The summed E-state index contributed by atoms with van der Waals surface area (Å²) in [4.78, 5) is -0.894. The van der Waals surface area contributed by atoms with Gasteiger partial charge in [-0.05, 0) is 30.4 Å². The average Bonchev–Trinajstić information content (AvgIpc) is 2.04. The van der Waals surface area contributed by atoms with E-state index in [4.69, 9.17) is 0 Å². The van der Waals surface area contributed by atoms with Gasteiger partial charge in [-0.1, -0.05) is 24.3 Å². The van der Waals surface area contributed by atoms with E-state index in [1.165, 1.54) is 5.56 Å². The molecule has 1 N–H and O–H groups in total. The molecule has 0 heterocycles. The Morgan fingerprint density at radius 2 is 2.08 bits per heavy atom. The molecular formula is C10H12OS. The monoisotopic (exact) mass is 180 g/mol. The number of hydrogen-bond acceptors (Lipinski definition) is 2. The lowest BCUT2D eigenvalue weighted by atomic mass is 9.89. The van der Waals surface area contributed by atoms with E-state index in [1.807, 2.05) is 18.2 Å². The van der Waals surface area contributed by atoms with Crippen molar-refractivity contribution in [2.45, 2.75) is 24.2 Å². The van der Waals surface area contributed by atoms with E-state index < -0.39 is 4.93 Å². The molecule has 12 heavy (non-hydrogen) atoms. The van der Waals surface area contributed by atoms with E-state index in [0.717, 1.165) is 24.8 Å². The number of aliphatic hydroxyl groups is 1.